The number of aromatic nitrogens is 2. The molecule has 0 atom stereocenters. The fourth-order valence-electron chi connectivity index (χ4n) is 3.54. The molecule has 0 amide bonds. The first-order valence-corrected chi connectivity index (χ1v) is 9.57. The van der Waals surface area contributed by atoms with Crippen molar-refractivity contribution < 1.29 is 8.78 Å². The Balaban J connectivity index is 1.91. The van der Waals surface area contributed by atoms with Crippen molar-refractivity contribution in [3.63, 3.8) is 0 Å². The maximum absolute atomic E-state index is 14.5. The van der Waals surface area contributed by atoms with Crippen LogP contribution in [0.4, 0.5) is 8.78 Å². The van der Waals surface area contributed by atoms with Gasteiger partial charge in [-0.15, -0.1) is 0 Å². The normalized spacial score (nSPS) is 10.5. The summed E-state index contributed by atoms with van der Waals surface area (Å²) in [7, 11) is 0. The van der Waals surface area contributed by atoms with Crippen LogP contribution in [0.25, 0.3) is 27.9 Å². The molecule has 0 bridgehead atoms. The zero-order valence-corrected chi connectivity index (χ0v) is 16.4. The molecule has 150 valence electrons. The van der Waals surface area contributed by atoms with Gasteiger partial charge in [0.25, 0.3) is 0 Å². The van der Waals surface area contributed by atoms with Crippen LogP contribution in [0, 0.1) is 34.3 Å². The minimum atomic E-state index is -0.456. The van der Waals surface area contributed by atoms with E-state index in [0.717, 1.165) is 0 Å². The Morgan fingerprint density at radius 3 is 1.74 bits per heavy atom. The predicted octanol–water partition coefficient (Wildman–Crippen LogP) is 5.62. The molecule has 0 saturated heterocycles. The quantitative estimate of drug-likeness (QED) is 0.429. The number of halogens is 2. The van der Waals surface area contributed by atoms with Gasteiger partial charge in [-0.25, -0.2) is 13.5 Å². The molecule has 0 unspecified atom stereocenters. The van der Waals surface area contributed by atoms with Crippen molar-refractivity contribution in [3.8, 4) is 40.1 Å². The molecule has 0 saturated carbocycles. The lowest BCUT2D eigenvalue weighted by Crippen LogP contribution is -2.02. The molecule has 0 N–H and O–H groups in total. The Morgan fingerprint density at radius 1 is 0.774 bits per heavy atom. The number of rotatable bonds is 5. The first-order chi connectivity index (χ1) is 15.1. The molecule has 4 rings (SSSR count). The lowest BCUT2D eigenvalue weighted by atomic mass is 9.94. The average Bonchev–Trinajstić information content (AvgIpc) is 3.31. The second kappa shape index (κ2) is 8.61. The first-order valence-electron chi connectivity index (χ1n) is 9.57. The largest absolute Gasteiger partial charge is 0.240 e. The summed E-state index contributed by atoms with van der Waals surface area (Å²) in [5, 5.41) is 22.1. The van der Waals surface area contributed by atoms with E-state index in [0.29, 0.717) is 39.1 Å². The van der Waals surface area contributed by atoms with Crippen molar-refractivity contribution in [3.05, 3.63) is 95.8 Å². The molecule has 0 radical (unpaired) electrons. The van der Waals surface area contributed by atoms with E-state index in [1.807, 2.05) is 30.3 Å². The van der Waals surface area contributed by atoms with Gasteiger partial charge in [-0.2, -0.15) is 15.6 Å². The SMILES string of the molecule is N#CCc1ccc(-c2cccc(-c3ccc(CC#N)c(F)c3)c2-n2cccn2)cc1F. The smallest absolute Gasteiger partial charge is 0.128 e. The molecule has 0 aliphatic rings. The third kappa shape index (κ3) is 3.92. The third-order valence-corrected chi connectivity index (χ3v) is 5.04. The summed E-state index contributed by atoms with van der Waals surface area (Å²) in [5.41, 5.74) is 4.00. The van der Waals surface area contributed by atoms with Crippen LogP contribution >= 0.6 is 0 Å². The van der Waals surface area contributed by atoms with Gasteiger partial charge in [0.05, 0.1) is 30.7 Å². The van der Waals surface area contributed by atoms with Crippen molar-refractivity contribution in [1.29, 1.82) is 10.5 Å². The average molecular weight is 410 g/mol. The van der Waals surface area contributed by atoms with Gasteiger partial charge < -0.3 is 0 Å². The van der Waals surface area contributed by atoms with E-state index in [4.69, 9.17) is 10.5 Å². The summed E-state index contributed by atoms with van der Waals surface area (Å²) < 4.78 is 30.7. The highest BCUT2D eigenvalue weighted by Gasteiger charge is 2.16. The molecule has 4 nitrogen and oxygen atoms in total. The van der Waals surface area contributed by atoms with Crippen molar-refractivity contribution >= 4 is 0 Å². The van der Waals surface area contributed by atoms with Gasteiger partial charge in [0, 0.05) is 34.6 Å². The molecule has 0 aliphatic carbocycles. The van der Waals surface area contributed by atoms with Crippen LogP contribution in [0.2, 0.25) is 0 Å². The first kappa shape index (κ1) is 20.0. The second-order valence-corrected chi connectivity index (χ2v) is 6.93. The zero-order valence-electron chi connectivity index (χ0n) is 16.4. The van der Waals surface area contributed by atoms with Gasteiger partial charge in [0.1, 0.15) is 11.6 Å². The van der Waals surface area contributed by atoms with Crippen molar-refractivity contribution in [2.75, 3.05) is 0 Å². The van der Waals surface area contributed by atoms with E-state index >= 15 is 0 Å². The summed E-state index contributed by atoms with van der Waals surface area (Å²) in [6, 6.07) is 20.7. The minimum absolute atomic E-state index is 0.00745. The topological polar surface area (TPSA) is 65.4 Å². The van der Waals surface area contributed by atoms with E-state index in [1.165, 1.54) is 12.1 Å². The Labute approximate surface area is 178 Å². The van der Waals surface area contributed by atoms with Gasteiger partial charge in [0.2, 0.25) is 0 Å². The molecule has 31 heavy (non-hydrogen) atoms. The van der Waals surface area contributed by atoms with Gasteiger partial charge in [0.15, 0.2) is 0 Å². The number of para-hydroxylation sites is 1. The van der Waals surface area contributed by atoms with E-state index in [-0.39, 0.29) is 12.8 Å². The molecule has 6 heteroatoms. The van der Waals surface area contributed by atoms with Crippen LogP contribution < -0.4 is 0 Å². The van der Waals surface area contributed by atoms with Crippen molar-refractivity contribution in [1.82, 2.24) is 9.78 Å². The van der Waals surface area contributed by atoms with E-state index in [9.17, 15) is 8.78 Å². The van der Waals surface area contributed by atoms with E-state index in [2.05, 4.69) is 5.10 Å². The Hall–Kier alpha value is -4.29. The molecule has 0 fully saturated rings. The van der Waals surface area contributed by atoms with Crippen LogP contribution in [0.3, 0.4) is 0 Å². The standard InChI is InChI=1S/C25H16F2N4/c26-23-15-19(7-5-17(23)9-11-28)21-3-1-4-22(25(21)31-14-2-13-30-31)20-8-6-18(10-12-29)24(27)16-20/h1-8,13-16H,9-10H2. The molecular formula is C25H16F2N4. The summed E-state index contributed by atoms with van der Waals surface area (Å²) in [4.78, 5) is 0. The van der Waals surface area contributed by atoms with Crippen LogP contribution in [-0.4, -0.2) is 9.78 Å². The van der Waals surface area contributed by atoms with Crippen molar-refractivity contribution in [2.24, 2.45) is 0 Å². The number of nitriles is 2. The highest BCUT2D eigenvalue weighted by atomic mass is 19.1. The third-order valence-electron chi connectivity index (χ3n) is 5.04. The van der Waals surface area contributed by atoms with Crippen molar-refractivity contribution in [2.45, 2.75) is 12.8 Å². The molecular weight excluding hydrogens is 394 g/mol. The van der Waals surface area contributed by atoms with E-state index < -0.39 is 11.6 Å². The summed E-state index contributed by atoms with van der Waals surface area (Å²) in [6.07, 6.45) is 3.38. The van der Waals surface area contributed by atoms with Crippen LogP contribution in [-0.2, 0) is 12.8 Å². The number of hydrogen-bond donors (Lipinski definition) is 0. The van der Waals surface area contributed by atoms with Crippen LogP contribution in [0.1, 0.15) is 11.1 Å². The van der Waals surface area contributed by atoms with E-state index in [1.54, 1.807) is 47.4 Å². The number of nitrogens with zero attached hydrogens (tertiary/aromatic N) is 4. The van der Waals surface area contributed by atoms with Crippen LogP contribution in [0.15, 0.2) is 73.1 Å². The number of hydrogen-bond acceptors (Lipinski definition) is 3. The fourth-order valence-corrected chi connectivity index (χ4v) is 3.54. The van der Waals surface area contributed by atoms with Crippen LogP contribution in [0.5, 0.6) is 0 Å². The molecule has 1 aromatic heterocycles. The highest BCUT2D eigenvalue weighted by Crippen LogP contribution is 2.36. The summed E-state index contributed by atoms with van der Waals surface area (Å²) >= 11 is 0. The Bertz CT molecular complexity index is 1250. The number of benzene rings is 3. The Morgan fingerprint density at radius 2 is 1.32 bits per heavy atom. The van der Waals surface area contributed by atoms with Gasteiger partial charge in [-0.3, -0.25) is 0 Å². The minimum Gasteiger partial charge on any atom is -0.240 e. The summed E-state index contributed by atoms with van der Waals surface area (Å²) in [6.45, 7) is 0. The lowest BCUT2D eigenvalue weighted by molar-refractivity contribution is 0.615. The summed E-state index contributed by atoms with van der Waals surface area (Å²) in [5.74, 6) is -0.912. The monoisotopic (exact) mass is 410 g/mol. The van der Waals surface area contributed by atoms with Gasteiger partial charge in [-0.1, -0.05) is 42.5 Å². The second-order valence-electron chi connectivity index (χ2n) is 6.93. The molecule has 1 heterocycles. The Kier molecular flexibility index (Phi) is 5.55. The molecule has 4 aromatic rings. The van der Waals surface area contributed by atoms with Gasteiger partial charge in [-0.05, 0) is 29.3 Å². The van der Waals surface area contributed by atoms with Gasteiger partial charge >= 0.3 is 0 Å². The fraction of sp³-hybridized carbons (Fsp3) is 0.0800. The predicted molar refractivity (Wildman–Crippen MR) is 113 cm³/mol. The molecule has 0 spiro atoms. The maximum atomic E-state index is 14.5. The highest BCUT2D eigenvalue weighted by molar-refractivity contribution is 5.85. The lowest BCUT2D eigenvalue weighted by Gasteiger charge is -2.16. The molecule has 0 aliphatic heterocycles. The zero-order chi connectivity index (χ0) is 21.8. The molecule has 3 aromatic carbocycles. The maximum Gasteiger partial charge on any atom is 0.128 e.